The lowest BCUT2D eigenvalue weighted by Crippen LogP contribution is -2.74. The van der Waals surface area contributed by atoms with Crippen molar-refractivity contribution in [1.82, 2.24) is 0 Å². The van der Waals surface area contributed by atoms with Crippen LogP contribution in [0.2, 0.25) is 0 Å². The third-order valence-corrected chi connectivity index (χ3v) is 8.07. The van der Waals surface area contributed by atoms with Crippen molar-refractivity contribution in [3.05, 3.63) is 94.5 Å². The summed E-state index contributed by atoms with van der Waals surface area (Å²) < 4.78 is 0. The van der Waals surface area contributed by atoms with Gasteiger partial charge in [0.1, 0.15) is 0 Å². The van der Waals surface area contributed by atoms with E-state index in [0.717, 1.165) is 21.9 Å². The summed E-state index contributed by atoms with van der Waals surface area (Å²) in [6.07, 6.45) is 1.40. The number of nitro groups is 1. The molecule has 2 fully saturated rings. The van der Waals surface area contributed by atoms with Gasteiger partial charge in [-0.1, -0.05) is 43.3 Å². The number of imide groups is 2. The van der Waals surface area contributed by atoms with E-state index in [-0.39, 0.29) is 18.0 Å². The Labute approximate surface area is 219 Å². The molecule has 0 saturated carbocycles. The quantitative estimate of drug-likeness (QED) is 0.281. The van der Waals surface area contributed by atoms with Gasteiger partial charge in [0.2, 0.25) is 0 Å². The molecule has 9 heteroatoms. The van der Waals surface area contributed by atoms with E-state index in [4.69, 9.17) is 0 Å². The second-order valence-corrected chi connectivity index (χ2v) is 10.3. The smallest absolute Gasteiger partial charge is 0.342 e. The minimum Gasteiger partial charge on any atom is -0.367 e. The van der Waals surface area contributed by atoms with E-state index < -0.39 is 34.2 Å². The van der Waals surface area contributed by atoms with Gasteiger partial charge in [0.05, 0.1) is 22.3 Å². The first kappa shape index (κ1) is 23.8. The van der Waals surface area contributed by atoms with E-state index in [0.29, 0.717) is 29.9 Å². The number of anilines is 3. The van der Waals surface area contributed by atoms with Crippen LogP contribution < -0.4 is 14.7 Å². The van der Waals surface area contributed by atoms with Crippen molar-refractivity contribution < 1.29 is 19.3 Å². The van der Waals surface area contributed by atoms with Crippen LogP contribution in [0.3, 0.4) is 0 Å². The Morgan fingerprint density at radius 1 is 0.868 bits per heavy atom. The summed E-state index contributed by atoms with van der Waals surface area (Å²) in [7, 11) is 0. The molecule has 0 unspecified atom stereocenters. The molecule has 3 aromatic carbocycles. The molecule has 0 aromatic heterocycles. The highest BCUT2D eigenvalue weighted by atomic mass is 16.6. The monoisotopic (exact) mass is 510 g/mol. The van der Waals surface area contributed by atoms with Gasteiger partial charge < -0.3 is 4.90 Å². The number of benzene rings is 3. The van der Waals surface area contributed by atoms with Crippen molar-refractivity contribution in [1.29, 1.82) is 0 Å². The van der Waals surface area contributed by atoms with Crippen molar-refractivity contribution in [3.8, 4) is 0 Å². The maximum atomic E-state index is 14.6. The summed E-state index contributed by atoms with van der Waals surface area (Å²) in [4.78, 5) is 58.5. The topological polar surface area (TPSA) is 104 Å². The Bertz CT molecular complexity index is 1400. The number of hydrogen-bond acceptors (Lipinski definition) is 6. The number of non-ortho nitro benzene ring substituents is 1. The van der Waals surface area contributed by atoms with E-state index in [9.17, 15) is 24.5 Å². The number of fused-ring (bicyclic) bond motifs is 4. The molecule has 3 aliphatic heterocycles. The molecule has 38 heavy (non-hydrogen) atoms. The third kappa shape index (κ3) is 3.42. The molecular weight excluding hydrogens is 484 g/mol. The molecule has 0 aliphatic carbocycles. The number of piperidine rings is 1. The summed E-state index contributed by atoms with van der Waals surface area (Å²) in [6.45, 7) is 2.70. The van der Waals surface area contributed by atoms with Crippen molar-refractivity contribution in [2.24, 2.45) is 11.3 Å². The van der Waals surface area contributed by atoms with E-state index in [2.05, 4.69) is 11.8 Å². The number of carbonyl (C=O) groups excluding carboxylic acids is 3. The van der Waals surface area contributed by atoms with Crippen LogP contribution in [0.4, 0.5) is 27.5 Å². The zero-order chi connectivity index (χ0) is 26.6. The Balaban J connectivity index is 1.60. The molecule has 3 heterocycles. The highest BCUT2D eigenvalue weighted by molar-refractivity contribution is 6.39. The van der Waals surface area contributed by atoms with Crippen LogP contribution in [0.25, 0.3) is 0 Å². The summed E-state index contributed by atoms with van der Waals surface area (Å²) >= 11 is 0. The number of para-hydroxylation sites is 2. The molecule has 0 radical (unpaired) electrons. The lowest BCUT2D eigenvalue weighted by Gasteiger charge is -2.56. The second-order valence-electron chi connectivity index (χ2n) is 10.3. The van der Waals surface area contributed by atoms with Gasteiger partial charge in [-0.05, 0) is 54.7 Å². The van der Waals surface area contributed by atoms with Gasteiger partial charge in [-0.3, -0.25) is 19.7 Å². The molecule has 2 saturated heterocycles. The first-order valence-electron chi connectivity index (χ1n) is 12.7. The summed E-state index contributed by atoms with van der Waals surface area (Å²) in [5.74, 6) is -0.930. The number of barbiturate groups is 1. The largest absolute Gasteiger partial charge is 0.367 e. The van der Waals surface area contributed by atoms with Crippen LogP contribution >= 0.6 is 0 Å². The van der Waals surface area contributed by atoms with Gasteiger partial charge in [-0.15, -0.1) is 0 Å². The molecule has 3 aromatic rings. The van der Waals surface area contributed by atoms with Crippen molar-refractivity contribution in [2.45, 2.75) is 32.2 Å². The lowest BCUT2D eigenvalue weighted by atomic mass is 9.64. The van der Waals surface area contributed by atoms with Crippen LogP contribution in [-0.2, 0) is 16.0 Å². The van der Waals surface area contributed by atoms with Gasteiger partial charge >= 0.3 is 6.03 Å². The first-order chi connectivity index (χ1) is 18.3. The van der Waals surface area contributed by atoms with Gasteiger partial charge in [0.15, 0.2) is 5.41 Å². The van der Waals surface area contributed by atoms with Crippen LogP contribution in [0.5, 0.6) is 0 Å². The molecule has 6 rings (SSSR count). The standard InChI is InChI=1S/C29H26N4O5/c1-19-14-15-30-24-13-12-23(33(37)38)17-20(24)18-29(25(30)16-19)26(34)31(21-8-4-2-5-9-21)28(36)32(27(29)35)22-10-6-3-7-11-22/h2-13,17,19,25H,14-16,18H2,1H3/t19-,25+/m0/s1. The maximum Gasteiger partial charge on any atom is 0.342 e. The molecule has 0 N–H and O–H groups in total. The van der Waals surface area contributed by atoms with Gasteiger partial charge in [0.25, 0.3) is 17.5 Å². The SMILES string of the molecule is C[C@H]1CCN2c3ccc([N+](=O)[O-])cc3CC3(C(=O)N(c4ccccc4)C(=O)N(c4ccccc4)C3=O)[C@H]2C1. The number of rotatable bonds is 3. The molecule has 1 spiro atoms. The fourth-order valence-corrected chi connectivity index (χ4v) is 6.23. The highest BCUT2D eigenvalue weighted by Crippen LogP contribution is 2.51. The number of amides is 4. The number of hydrogen-bond donors (Lipinski definition) is 0. The Kier molecular flexibility index (Phi) is 5.52. The molecule has 9 nitrogen and oxygen atoms in total. The fraction of sp³-hybridized carbons (Fsp3) is 0.276. The highest BCUT2D eigenvalue weighted by Gasteiger charge is 2.65. The zero-order valence-corrected chi connectivity index (χ0v) is 20.8. The molecule has 3 aliphatic rings. The van der Waals surface area contributed by atoms with Crippen molar-refractivity contribution in [3.63, 3.8) is 0 Å². The second kappa shape index (κ2) is 8.79. The molecule has 0 bridgehead atoms. The minimum absolute atomic E-state index is 0.0322. The van der Waals surface area contributed by atoms with Crippen molar-refractivity contribution >= 4 is 40.6 Å². The molecule has 4 amide bonds. The molecule has 2 atom stereocenters. The Morgan fingerprint density at radius 3 is 2.00 bits per heavy atom. The predicted molar refractivity (Wildman–Crippen MR) is 142 cm³/mol. The van der Waals surface area contributed by atoms with E-state index >= 15 is 0 Å². The van der Waals surface area contributed by atoms with Crippen LogP contribution in [0.15, 0.2) is 78.9 Å². The average Bonchev–Trinajstić information content (AvgIpc) is 2.92. The fourth-order valence-electron chi connectivity index (χ4n) is 6.23. The third-order valence-electron chi connectivity index (χ3n) is 8.07. The van der Waals surface area contributed by atoms with Gasteiger partial charge in [-0.25, -0.2) is 14.6 Å². The van der Waals surface area contributed by atoms with Gasteiger partial charge in [0, 0.05) is 30.8 Å². The number of carbonyl (C=O) groups is 3. The summed E-state index contributed by atoms with van der Waals surface area (Å²) in [5.41, 5.74) is 0.354. The normalized spacial score (nSPS) is 22.3. The molecule has 192 valence electrons. The van der Waals surface area contributed by atoms with Crippen molar-refractivity contribution in [2.75, 3.05) is 21.2 Å². The van der Waals surface area contributed by atoms with Crippen LogP contribution in [0.1, 0.15) is 25.3 Å². The van der Waals surface area contributed by atoms with Crippen LogP contribution in [0, 0.1) is 21.4 Å². The minimum atomic E-state index is -1.64. The summed E-state index contributed by atoms with van der Waals surface area (Å²) in [6, 6.07) is 20.6. The van der Waals surface area contributed by atoms with Gasteiger partial charge in [-0.2, -0.15) is 0 Å². The van der Waals surface area contributed by atoms with E-state index in [1.807, 2.05) is 0 Å². The number of nitro benzene ring substituents is 1. The predicted octanol–water partition coefficient (Wildman–Crippen LogP) is 4.94. The lowest BCUT2D eigenvalue weighted by molar-refractivity contribution is -0.384. The Hall–Kier alpha value is -4.53. The number of nitrogens with zero attached hydrogens (tertiary/aromatic N) is 4. The molecular formula is C29H26N4O5. The number of urea groups is 1. The van der Waals surface area contributed by atoms with Crippen LogP contribution in [-0.4, -0.2) is 35.4 Å². The maximum absolute atomic E-state index is 14.6. The first-order valence-corrected chi connectivity index (χ1v) is 12.7. The van der Waals surface area contributed by atoms with E-state index in [1.165, 1.54) is 12.1 Å². The summed E-state index contributed by atoms with van der Waals surface area (Å²) in [5, 5.41) is 11.6. The van der Waals surface area contributed by atoms with E-state index in [1.54, 1.807) is 66.7 Å². The average molecular weight is 511 g/mol. The zero-order valence-electron chi connectivity index (χ0n) is 20.8. The Morgan fingerprint density at radius 2 is 1.45 bits per heavy atom.